The lowest BCUT2D eigenvalue weighted by molar-refractivity contribution is -0.672. The molecule has 0 aromatic rings. The lowest BCUT2D eigenvalue weighted by atomic mass is 13.3. The van der Waals surface area contributed by atoms with E-state index in [2.05, 4.69) is 0 Å². The summed E-state index contributed by atoms with van der Waals surface area (Å²) in [5.74, 6) is 0. The summed E-state index contributed by atoms with van der Waals surface area (Å²) in [6, 6.07) is 0. The maximum Gasteiger partial charge on any atom is 0.279 e. The summed E-state index contributed by atoms with van der Waals surface area (Å²) in [5, 5.41) is 6.14. The molecule has 0 aliphatic carbocycles. The van der Waals surface area contributed by atoms with E-state index in [1.54, 1.807) is 0 Å². The second kappa shape index (κ2) is 4.06. The number of rotatable bonds is 0. The summed E-state index contributed by atoms with van der Waals surface area (Å²) in [4.78, 5) is 8.14. The predicted molar refractivity (Wildman–Crippen MR) is 23.5 cm³/mol. The molecule has 0 saturated carbocycles. The summed E-state index contributed by atoms with van der Waals surface area (Å²) in [6.45, 7) is 0. The van der Waals surface area contributed by atoms with Gasteiger partial charge < -0.3 is 0 Å². The van der Waals surface area contributed by atoms with Crippen molar-refractivity contribution in [2.75, 3.05) is 0 Å². The molecule has 32 valence electrons. The molecule has 0 aliphatic rings. The molecule has 0 saturated heterocycles. The lowest BCUT2D eigenvalue weighted by Gasteiger charge is -1.50. The molecule has 3 nitrogen and oxygen atoms in total. The third-order valence-corrected chi connectivity index (χ3v) is 0. The Morgan fingerprint density at radius 1 is 1.80 bits per heavy atom. The Bertz CT molecular complexity index is 32.6. The van der Waals surface area contributed by atoms with Crippen molar-refractivity contribution in [3.8, 4) is 0 Å². The quantitative estimate of drug-likeness (QED) is 0.246. The van der Waals surface area contributed by atoms with Crippen LogP contribution in [0.15, 0.2) is 0 Å². The van der Waals surface area contributed by atoms with Crippen LogP contribution < -0.4 is 0 Å². The molecule has 0 aromatic carbocycles. The van der Waals surface area contributed by atoms with Gasteiger partial charge in [0.05, 0.1) is 0 Å². The second-order valence-electron chi connectivity index (χ2n) is 0.213. The van der Waals surface area contributed by atoms with E-state index in [-0.39, 0.29) is 24.0 Å². The van der Waals surface area contributed by atoms with Gasteiger partial charge in [-0.05, 0) is 0 Å². The topological polar surface area (TPSA) is 43.1 Å². The van der Waals surface area contributed by atoms with Crippen molar-refractivity contribution in [2.24, 2.45) is 0 Å². The maximum absolute atomic E-state index is 9.72. The number of hydrogen-bond donors (Lipinski definition) is 0. The lowest BCUT2D eigenvalue weighted by Crippen LogP contribution is -1.69. The van der Waals surface area contributed by atoms with Crippen molar-refractivity contribution in [3.63, 3.8) is 0 Å². The van der Waals surface area contributed by atoms with Crippen molar-refractivity contribution in [1.82, 2.24) is 0 Å². The first-order valence-corrected chi connectivity index (χ1v) is 0.534. The average molecular weight is 193 g/mol. The zero-order valence-corrected chi connectivity index (χ0v) is 4.38. The van der Waals surface area contributed by atoms with Gasteiger partial charge >= 0.3 is 0 Å². The van der Waals surface area contributed by atoms with Gasteiger partial charge in [0.1, 0.15) is 0 Å². The molecule has 0 amide bonds. The van der Waals surface area contributed by atoms with Gasteiger partial charge in [-0.3, -0.25) is 0 Å². The Labute approximate surface area is 44.3 Å². The molecular formula is HFINO2. The first-order valence-electron chi connectivity index (χ1n) is 0.534. The average Bonchev–Trinajstić information content (AvgIpc) is 0.811. The fourth-order valence-corrected chi connectivity index (χ4v) is 0. The molecular weight excluding hydrogens is 192 g/mol. The van der Waals surface area contributed by atoms with Crippen LogP contribution in [0, 0.1) is 10.1 Å². The van der Waals surface area contributed by atoms with Gasteiger partial charge in [0.2, 0.25) is 0 Å². The van der Waals surface area contributed by atoms with Crippen LogP contribution >= 0.6 is 24.0 Å². The highest BCUT2D eigenvalue weighted by Gasteiger charge is 1.71. The summed E-state index contributed by atoms with van der Waals surface area (Å²) in [5.41, 5.74) is 0. The number of halogens is 2. The Morgan fingerprint density at radius 3 is 1.80 bits per heavy atom. The largest absolute Gasteiger partial charge is 0.279 e. The van der Waals surface area contributed by atoms with E-state index in [0.717, 1.165) is 0 Å². The molecule has 0 bridgehead atoms. The van der Waals surface area contributed by atoms with Crippen LogP contribution in [0.2, 0.25) is 0 Å². The highest BCUT2D eigenvalue weighted by molar-refractivity contribution is 14.0. The second-order valence-corrected chi connectivity index (χ2v) is 0.213. The number of nitro groups is 1. The zero-order valence-electron chi connectivity index (χ0n) is 2.05. The van der Waals surface area contributed by atoms with Crippen molar-refractivity contribution < 1.29 is 9.63 Å². The molecule has 0 atom stereocenters. The molecule has 5 heteroatoms. The zero-order chi connectivity index (χ0) is 3.58. The van der Waals surface area contributed by atoms with Crippen LogP contribution in [-0.2, 0) is 0 Å². The van der Waals surface area contributed by atoms with Gasteiger partial charge in [-0.1, -0.05) is 0 Å². The molecule has 0 fully saturated rings. The fourth-order valence-electron chi connectivity index (χ4n) is 0. The molecule has 5 heavy (non-hydrogen) atoms. The van der Waals surface area contributed by atoms with E-state index < -0.39 is 5.15 Å². The molecule has 0 radical (unpaired) electrons. The highest BCUT2D eigenvalue weighted by atomic mass is 127. The van der Waals surface area contributed by atoms with E-state index in [1.165, 1.54) is 0 Å². The fraction of sp³-hybridized carbons (Fsp3) is 0. The summed E-state index contributed by atoms with van der Waals surface area (Å²) in [6.07, 6.45) is 0. The van der Waals surface area contributed by atoms with Crippen molar-refractivity contribution in [2.45, 2.75) is 0 Å². The van der Waals surface area contributed by atoms with Crippen molar-refractivity contribution >= 4 is 24.0 Å². The van der Waals surface area contributed by atoms with Crippen molar-refractivity contribution in [3.05, 3.63) is 10.1 Å². The Balaban J connectivity index is 0. The van der Waals surface area contributed by atoms with Gasteiger partial charge in [0.15, 0.2) is 4.48 Å². The van der Waals surface area contributed by atoms with Crippen molar-refractivity contribution in [1.29, 1.82) is 0 Å². The first-order chi connectivity index (χ1) is 1.73. The van der Waals surface area contributed by atoms with Crippen LogP contribution in [0.5, 0.6) is 0 Å². The minimum absolute atomic E-state index is 0. The van der Waals surface area contributed by atoms with E-state index in [0.29, 0.717) is 0 Å². The van der Waals surface area contributed by atoms with Crippen LogP contribution in [0.1, 0.15) is 0 Å². The normalized spacial score (nSPS) is 5.00. The van der Waals surface area contributed by atoms with Gasteiger partial charge in [-0.2, -0.15) is 0 Å². The summed E-state index contributed by atoms with van der Waals surface area (Å²) in [7, 11) is 0. The van der Waals surface area contributed by atoms with E-state index >= 15 is 0 Å². The van der Waals surface area contributed by atoms with Gasteiger partial charge in [0.25, 0.3) is 5.15 Å². The Hall–Kier alpha value is 0.0600. The standard InChI is InChI=1S/FNO2.HI/c1-2(3)4;/h;1H. The van der Waals surface area contributed by atoms with E-state index in [4.69, 9.17) is 10.1 Å². The molecule has 0 unspecified atom stereocenters. The minimum atomic E-state index is -2.00. The monoisotopic (exact) mass is 193 g/mol. The van der Waals surface area contributed by atoms with Crippen LogP contribution in [-0.4, -0.2) is 5.15 Å². The summed E-state index contributed by atoms with van der Waals surface area (Å²) < 4.78 is 9.72. The maximum atomic E-state index is 9.72. The third kappa shape index (κ3) is 4790. The SMILES string of the molecule is I.O=[N+]([O-])F. The first kappa shape index (κ1) is 8.91. The van der Waals surface area contributed by atoms with Crippen LogP contribution in [0.3, 0.4) is 0 Å². The molecule has 0 spiro atoms. The molecule has 0 aromatic heterocycles. The highest BCUT2D eigenvalue weighted by Crippen LogP contribution is 1.54. The van der Waals surface area contributed by atoms with Gasteiger partial charge in [-0.25, -0.2) is 10.1 Å². The van der Waals surface area contributed by atoms with Gasteiger partial charge in [0, 0.05) is 0 Å². The van der Waals surface area contributed by atoms with Gasteiger partial charge in [-0.15, -0.1) is 24.0 Å². The molecule has 0 rings (SSSR count). The van der Waals surface area contributed by atoms with Crippen LogP contribution in [0.25, 0.3) is 0 Å². The third-order valence-electron chi connectivity index (χ3n) is 0. The van der Waals surface area contributed by atoms with E-state index in [1.807, 2.05) is 0 Å². The Kier molecular flexibility index (Phi) is 7.23. The minimum Gasteiger partial charge on any atom is -0.219 e. The van der Waals surface area contributed by atoms with Crippen LogP contribution in [0.4, 0.5) is 4.48 Å². The Morgan fingerprint density at radius 2 is 1.80 bits per heavy atom. The number of nitrogens with zero attached hydrogens (tertiary/aromatic N) is 1. The molecule has 0 heterocycles. The van der Waals surface area contributed by atoms with E-state index in [9.17, 15) is 4.48 Å². The smallest absolute Gasteiger partial charge is 0.219 e. The molecule has 0 N–H and O–H groups in total. The number of hydrogen-bond acceptors (Lipinski definition) is 2. The predicted octanol–water partition coefficient (Wildman–Crippen LogP) is 0.766. The summed E-state index contributed by atoms with van der Waals surface area (Å²) >= 11 is 0. The molecule has 0 aliphatic heterocycles.